The number of hydrogen-bond donors (Lipinski definition) is 1. The van der Waals surface area contributed by atoms with Crippen LogP contribution in [0.2, 0.25) is 5.15 Å². The third-order valence-corrected chi connectivity index (χ3v) is 5.68. The molecule has 2 fully saturated rings. The Balaban J connectivity index is 0.00000192. The van der Waals surface area contributed by atoms with Gasteiger partial charge in [0.2, 0.25) is 5.95 Å². The smallest absolute Gasteiger partial charge is 0.228 e. The molecule has 130 valence electrons. The van der Waals surface area contributed by atoms with E-state index >= 15 is 0 Å². The van der Waals surface area contributed by atoms with Gasteiger partial charge < -0.3 is 15.1 Å². The number of nitrogens with one attached hydrogen (secondary N) is 1. The molecule has 1 aromatic rings. The molecule has 1 N–H and O–H groups in total. The molecule has 0 amide bonds. The molecule has 0 atom stereocenters. The number of thioether (sulfide) groups is 1. The first-order valence-corrected chi connectivity index (χ1v) is 9.59. The topological polar surface area (TPSA) is 44.3 Å². The minimum Gasteiger partial charge on any atom is -0.366 e. The molecular formula is C15H25Cl2N5S. The van der Waals surface area contributed by atoms with Crippen LogP contribution in [0.4, 0.5) is 11.8 Å². The van der Waals surface area contributed by atoms with Gasteiger partial charge in [-0.3, -0.25) is 0 Å². The van der Waals surface area contributed by atoms with E-state index in [1.807, 2.05) is 6.26 Å². The zero-order chi connectivity index (χ0) is 15.5. The van der Waals surface area contributed by atoms with Gasteiger partial charge in [-0.2, -0.15) is 9.97 Å². The lowest BCUT2D eigenvalue weighted by atomic mass is 10.2. The van der Waals surface area contributed by atoms with Crippen LogP contribution in [0.15, 0.2) is 4.90 Å². The van der Waals surface area contributed by atoms with E-state index in [-0.39, 0.29) is 12.4 Å². The van der Waals surface area contributed by atoms with Crippen LogP contribution < -0.4 is 10.2 Å². The molecule has 0 spiro atoms. The number of nitrogens with zero attached hydrogens (tertiary/aromatic N) is 4. The second kappa shape index (κ2) is 8.60. The second-order valence-electron chi connectivity index (χ2n) is 6.11. The number of likely N-dealkylation sites (N-methyl/N-ethyl adjacent to an activating group) is 1. The molecule has 1 aromatic heterocycles. The first-order valence-electron chi connectivity index (χ1n) is 7.99. The Kier molecular flexibility index (Phi) is 7.07. The van der Waals surface area contributed by atoms with Crippen molar-refractivity contribution in [3.8, 4) is 0 Å². The molecule has 3 rings (SSSR count). The lowest BCUT2D eigenvalue weighted by Crippen LogP contribution is -2.45. The van der Waals surface area contributed by atoms with Crippen LogP contribution in [0.3, 0.4) is 0 Å². The summed E-state index contributed by atoms with van der Waals surface area (Å²) >= 11 is 8.03. The van der Waals surface area contributed by atoms with E-state index in [1.54, 1.807) is 11.8 Å². The molecule has 23 heavy (non-hydrogen) atoms. The van der Waals surface area contributed by atoms with Crippen molar-refractivity contribution >= 4 is 47.5 Å². The fraction of sp³-hybridized carbons (Fsp3) is 0.733. The fourth-order valence-corrected chi connectivity index (χ4v) is 4.01. The quantitative estimate of drug-likeness (QED) is 0.640. The van der Waals surface area contributed by atoms with Crippen molar-refractivity contribution in [3.05, 3.63) is 5.15 Å². The average Bonchev–Trinajstić information content (AvgIpc) is 3.01. The maximum Gasteiger partial charge on any atom is 0.228 e. The number of rotatable bonds is 4. The Labute approximate surface area is 154 Å². The molecule has 0 aromatic carbocycles. The lowest BCUT2D eigenvalue weighted by Gasteiger charge is -2.32. The van der Waals surface area contributed by atoms with Crippen molar-refractivity contribution in [3.63, 3.8) is 0 Å². The largest absolute Gasteiger partial charge is 0.366 e. The summed E-state index contributed by atoms with van der Waals surface area (Å²) in [6.45, 7) is 3.98. The van der Waals surface area contributed by atoms with Crippen LogP contribution in [0.25, 0.3) is 0 Å². The number of anilines is 2. The maximum absolute atomic E-state index is 6.42. The van der Waals surface area contributed by atoms with E-state index in [4.69, 9.17) is 16.6 Å². The highest BCUT2D eigenvalue weighted by Gasteiger charge is 2.22. The van der Waals surface area contributed by atoms with Crippen molar-refractivity contribution < 1.29 is 0 Å². The molecule has 2 aliphatic rings. The van der Waals surface area contributed by atoms with Crippen LogP contribution in [-0.2, 0) is 0 Å². The van der Waals surface area contributed by atoms with Gasteiger partial charge in [-0.15, -0.1) is 24.2 Å². The molecule has 0 unspecified atom stereocenters. The van der Waals surface area contributed by atoms with Crippen molar-refractivity contribution in [2.24, 2.45) is 0 Å². The first kappa shape index (κ1) is 18.9. The highest BCUT2D eigenvalue weighted by Crippen LogP contribution is 2.34. The first-order chi connectivity index (χ1) is 10.7. The van der Waals surface area contributed by atoms with Crippen LogP contribution >= 0.6 is 35.8 Å². The molecule has 0 radical (unpaired) electrons. The molecule has 1 aliphatic heterocycles. The van der Waals surface area contributed by atoms with Crippen LogP contribution in [-0.4, -0.2) is 60.4 Å². The van der Waals surface area contributed by atoms with Gasteiger partial charge in [0.15, 0.2) is 0 Å². The number of piperazine rings is 1. The predicted octanol–water partition coefficient (Wildman–Crippen LogP) is 3.38. The van der Waals surface area contributed by atoms with Gasteiger partial charge >= 0.3 is 0 Å². The van der Waals surface area contributed by atoms with E-state index in [0.29, 0.717) is 11.2 Å². The Morgan fingerprint density at radius 2 is 1.78 bits per heavy atom. The Morgan fingerprint density at radius 1 is 1.13 bits per heavy atom. The van der Waals surface area contributed by atoms with E-state index in [0.717, 1.165) is 42.8 Å². The highest BCUT2D eigenvalue weighted by molar-refractivity contribution is 7.98. The molecule has 5 nitrogen and oxygen atoms in total. The van der Waals surface area contributed by atoms with E-state index in [9.17, 15) is 0 Å². The zero-order valence-electron chi connectivity index (χ0n) is 13.7. The lowest BCUT2D eigenvalue weighted by molar-refractivity contribution is 0.311. The van der Waals surface area contributed by atoms with Crippen molar-refractivity contribution in [2.45, 2.75) is 36.6 Å². The summed E-state index contributed by atoms with van der Waals surface area (Å²) in [5.74, 6) is 1.67. The molecule has 2 heterocycles. The SMILES string of the molecule is CSc1c(Cl)nc(N2CCN(C)CC2)nc1NC1CCCC1.Cl. The minimum atomic E-state index is 0. The van der Waals surface area contributed by atoms with Gasteiger partial charge in [-0.25, -0.2) is 0 Å². The summed E-state index contributed by atoms with van der Waals surface area (Å²) in [7, 11) is 2.15. The van der Waals surface area contributed by atoms with E-state index in [2.05, 4.69) is 27.1 Å². The minimum absolute atomic E-state index is 0. The average molecular weight is 378 g/mol. The molecule has 1 saturated heterocycles. The van der Waals surface area contributed by atoms with Crippen LogP contribution in [0, 0.1) is 0 Å². The summed E-state index contributed by atoms with van der Waals surface area (Å²) in [6.07, 6.45) is 7.07. The number of aromatic nitrogens is 2. The Bertz CT molecular complexity index is 517. The third-order valence-electron chi connectivity index (χ3n) is 4.50. The van der Waals surface area contributed by atoms with E-state index in [1.165, 1.54) is 25.7 Å². The third kappa shape index (κ3) is 4.56. The van der Waals surface area contributed by atoms with Gasteiger partial charge in [0.05, 0.1) is 4.90 Å². The standard InChI is InChI=1S/C15H24ClN5S.ClH/c1-20-7-9-21(10-8-20)15-18-13(16)12(22-2)14(19-15)17-11-5-3-4-6-11;/h11H,3-10H2,1-2H3,(H,17,18,19);1H. The van der Waals surface area contributed by atoms with Gasteiger partial charge in [-0.1, -0.05) is 24.4 Å². The van der Waals surface area contributed by atoms with E-state index < -0.39 is 0 Å². The molecule has 0 bridgehead atoms. The molecule has 1 saturated carbocycles. The normalized spacial score (nSPS) is 19.7. The molecule has 1 aliphatic carbocycles. The van der Waals surface area contributed by atoms with Gasteiger partial charge in [-0.05, 0) is 26.1 Å². The summed E-state index contributed by atoms with van der Waals surface area (Å²) in [6, 6.07) is 0.525. The number of halogens is 2. The summed E-state index contributed by atoms with van der Waals surface area (Å²) in [5, 5.41) is 4.16. The molecular weight excluding hydrogens is 353 g/mol. The van der Waals surface area contributed by atoms with Crippen LogP contribution in [0.5, 0.6) is 0 Å². The van der Waals surface area contributed by atoms with Gasteiger partial charge in [0.25, 0.3) is 0 Å². The maximum atomic E-state index is 6.42. The zero-order valence-corrected chi connectivity index (χ0v) is 16.1. The summed E-state index contributed by atoms with van der Waals surface area (Å²) in [4.78, 5) is 14.8. The summed E-state index contributed by atoms with van der Waals surface area (Å²) in [5.41, 5.74) is 0. The highest BCUT2D eigenvalue weighted by atomic mass is 35.5. The molecule has 8 heteroatoms. The fourth-order valence-electron chi connectivity index (χ4n) is 3.10. The van der Waals surface area contributed by atoms with Gasteiger partial charge in [0, 0.05) is 32.2 Å². The predicted molar refractivity (Wildman–Crippen MR) is 102 cm³/mol. The Morgan fingerprint density at radius 3 is 2.39 bits per heavy atom. The summed E-state index contributed by atoms with van der Waals surface area (Å²) < 4.78 is 0. The van der Waals surface area contributed by atoms with Crippen LogP contribution in [0.1, 0.15) is 25.7 Å². The number of hydrogen-bond acceptors (Lipinski definition) is 6. The van der Waals surface area contributed by atoms with Crippen molar-refractivity contribution in [2.75, 3.05) is 49.7 Å². The second-order valence-corrected chi connectivity index (χ2v) is 7.29. The van der Waals surface area contributed by atoms with Crippen molar-refractivity contribution in [1.29, 1.82) is 0 Å². The van der Waals surface area contributed by atoms with Gasteiger partial charge in [0.1, 0.15) is 11.0 Å². The van der Waals surface area contributed by atoms with Crippen molar-refractivity contribution in [1.82, 2.24) is 14.9 Å². The Hall–Kier alpha value is -0.430. The monoisotopic (exact) mass is 377 g/mol.